The molecule has 0 spiro atoms. The van der Waals surface area contributed by atoms with Gasteiger partial charge in [0, 0.05) is 16.0 Å². The first-order valence-electron chi connectivity index (χ1n) is 5.61. The van der Waals surface area contributed by atoms with Gasteiger partial charge in [-0.1, -0.05) is 43.6 Å². The first-order chi connectivity index (χ1) is 7.89. The van der Waals surface area contributed by atoms with Crippen LogP contribution in [-0.2, 0) is 5.41 Å². The third-order valence-corrected chi connectivity index (χ3v) is 2.98. The van der Waals surface area contributed by atoms with Crippen molar-refractivity contribution in [1.29, 1.82) is 0 Å². The van der Waals surface area contributed by atoms with Crippen molar-refractivity contribution >= 4 is 11.6 Å². The highest BCUT2D eigenvalue weighted by atomic mass is 35.5. The lowest BCUT2D eigenvalue weighted by Gasteiger charge is -2.16. The minimum atomic E-state index is -0.0689. The quantitative estimate of drug-likeness (QED) is 0.738. The fourth-order valence-corrected chi connectivity index (χ4v) is 2.03. The van der Waals surface area contributed by atoms with Gasteiger partial charge in [0.1, 0.15) is 5.76 Å². The summed E-state index contributed by atoms with van der Waals surface area (Å²) in [5.41, 5.74) is 3.21. The van der Waals surface area contributed by atoms with Crippen molar-refractivity contribution in [1.82, 2.24) is 5.16 Å². The van der Waals surface area contributed by atoms with Crippen LogP contribution in [0.5, 0.6) is 0 Å². The van der Waals surface area contributed by atoms with E-state index in [0.29, 0.717) is 0 Å². The average Bonchev–Trinajstić information content (AvgIpc) is 2.69. The van der Waals surface area contributed by atoms with Crippen molar-refractivity contribution in [2.45, 2.75) is 33.1 Å². The second kappa shape index (κ2) is 4.19. The normalized spacial score (nSPS) is 11.8. The topological polar surface area (TPSA) is 26.0 Å². The molecule has 0 aliphatic carbocycles. The van der Waals surface area contributed by atoms with Crippen LogP contribution in [0.15, 0.2) is 28.9 Å². The summed E-state index contributed by atoms with van der Waals surface area (Å²) in [4.78, 5) is 0. The highest BCUT2D eigenvalue weighted by Crippen LogP contribution is 2.35. The Morgan fingerprint density at radius 1 is 1.18 bits per heavy atom. The van der Waals surface area contributed by atoms with E-state index in [2.05, 4.69) is 32.9 Å². The summed E-state index contributed by atoms with van der Waals surface area (Å²) in [7, 11) is 0. The zero-order valence-corrected chi connectivity index (χ0v) is 11.3. The molecule has 17 heavy (non-hydrogen) atoms. The third-order valence-electron chi connectivity index (χ3n) is 2.74. The van der Waals surface area contributed by atoms with E-state index in [-0.39, 0.29) is 5.41 Å². The van der Waals surface area contributed by atoms with Crippen molar-refractivity contribution in [3.63, 3.8) is 0 Å². The number of nitrogens with zero attached hydrogens (tertiary/aromatic N) is 1. The maximum atomic E-state index is 6.05. The van der Waals surface area contributed by atoms with Gasteiger partial charge >= 0.3 is 0 Å². The van der Waals surface area contributed by atoms with Gasteiger partial charge in [0.05, 0.1) is 6.20 Å². The highest BCUT2D eigenvalue weighted by molar-refractivity contribution is 6.30. The van der Waals surface area contributed by atoms with Gasteiger partial charge in [-0.25, -0.2) is 0 Å². The number of hydrogen-bond acceptors (Lipinski definition) is 2. The molecule has 0 atom stereocenters. The van der Waals surface area contributed by atoms with Crippen LogP contribution in [0.3, 0.4) is 0 Å². The van der Waals surface area contributed by atoms with Gasteiger partial charge < -0.3 is 4.52 Å². The van der Waals surface area contributed by atoms with Gasteiger partial charge in [-0.3, -0.25) is 0 Å². The summed E-state index contributed by atoms with van der Waals surface area (Å²) in [5, 5.41) is 4.65. The maximum absolute atomic E-state index is 6.05. The number of hydrogen-bond donors (Lipinski definition) is 0. The molecule has 0 fully saturated rings. The molecule has 0 bridgehead atoms. The fourth-order valence-electron chi connectivity index (χ4n) is 1.86. The van der Waals surface area contributed by atoms with Crippen LogP contribution in [0, 0.1) is 6.92 Å². The van der Waals surface area contributed by atoms with Gasteiger partial charge in [0.15, 0.2) is 0 Å². The minimum Gasteiger partial charge on any atom is -0.360 e. The predicted molar refractivity (Wildman–Crippen MR) is 70.4 cm³/mol. The summed E-state index contributed by atoms with van der Waals surface area (Å²) in [6, 6.07) is 5.86. The van der Waals surface area contributed by atoms with Crippen molar-refractivity contribution in [2.24, 2.45) is 0 Å². The van der Waals surface area contributed by atoms with Crippen LogP contribution in [0.1, 0.15) is 32.1 Å². The molecule has 1 aromatic carbocycles. The molecule has 0 amide bonds. The summed E-state index contributed by atoms with van der Waals surface area (Å²) in [5.74, 6) is 0.892. The third kappa shape index (κ3) is 2.37. The lowest BCUT2D eigenvalue weighted by molar-refractivity contribution is 0.330. The number of rotatable bonds is 1. The molecule has 0 N–H and O–H groups in total. The Morgan fingerprint density at radius 2 is 1.88 bits per heavy atom. The van der Waals surface area contributed by atoms with Crippen LogP contribution in [0.2, 0.25) is 5.02 Å². The molecular formula is C14H16ClNO. The molecule has 0 saturated heterocycles. The zero-order valence-electron chi connectivity index (χ0n) is 10.5. The number of benzene rings is 1. The van der Waals surface area contributed by atoms with Crippen LogP contribution in [0.4, 0.5) is 0 Å². The van der Waals surface area contributed by atoms with Crippen LogP contribution in [-0.4, -0.2) is 5.16 Å². The number of aryl methyl sites for hydroxylation is 1. The lowest BCUT2D eigenvalue weighted by atomic mass is 9.87. The Labute approximate surface area is 107 Å². The smallest absolute Gasteiger partial charge is 0.149 e. The molecule has 1 aromatic heterocycles. The summed E-state index contributed by atoms with van der Waals surface area (Å²) >= 11 is 6.05. The largest absolute Gasteiger partial charge is 0.360 e. The van der Waals surface area contributed by atoms with E-state index in [1.807, 2.05) is 18.2 Å². The van der Waals surface area contributed by atoms with Crippen LogP contribution in [0.25, 0.3) is 11.1 Å². The van der Waals surface area contributed by atoms with E-state index in [9.17, 15) is 0 Å². The number of aromatic nitrogens is 1. The monoisotopic (exact) mass is 249 g/mol. The molecule has 1 heterocycles. The molecular weight excluding hydrogens is 234 g/mol. The lowest BCUT2D eigenvalue weighted by Crippen LogP contribution is -2.11. The molecule has 2 nitrogen and oxygen atoms in total. The van der Waals surface area contributed by atoms with Crippen molar-refractivity contribution in [3.8, 4) is 11.1 Å². The second-order valence-electron chi connectivity index (χ2n) is 5.28. The van der Waals surface area contributed by atoms with Crippen molar-refractivity contribution in [2.75, 3.05) is 0 Å². The van der Waals surface area contributed by atoms with Gasteiger partial charge in [0.2, 0.25) is 0 Å². The molecule has 0 aliphatic rings. The highest BCUT2D eigenvalue weighted by Gasteiger charge is 2.24. The number of halogens is 1. The average molecular weight is 250 g/mol. The van der Waals surface area contributed by atoms with Crippen molar-refractivity contribution < 1.29 is 4.52 Å². The Kier molecular flexibility index (Phi) is 3.00. The molecule has 0 aliphatic heterocycles. The molecule has 3 heteroatoms. The van der Waals surface area contributed by atoms with Crippen LogP contribution >= 0.6 is 11.6 Å². The van der Waals surface area contributed by atoms with Crippen molar-refractivity contribution in [3.05, 3.63) is 40.7 Å². The molecule has 2 rings (SSSR count). The molecule has 0 radical (unpaired) electrons. The van der Waals surface area contributed by atoms with Gasteiger partial charge in [-0.15, -0.1) is 0 Å². The molecule has 90 valence electrons. The Morgan fingerprint density at radius 3 is 2.53 bits per heavy atom. The van der Waals surface area contributed by atoms with E-state index >= 15 is 0 Å². The van der Waals surface area contributed by atoms with Gasteiger partial charge in [-0.05, 0) is 30.2 Å². The first kappa shape index (κ1) is 12.2. The Balaban J connectivity index is 2.61. The molecule has 2 aromatic rings. The molecule has 0 unspecified atom stereocenters. The second-order valence-corrected chi connectivity index (χ2v) is 5.71. The van der Waals surface area contributed by atoms with E-state index in [4.69, 9.17) is 16.1 Å². The van der Waals surface area contributed by atoms with E-state index in [1.165, 1.54) is 5.56 Å². The van der Waals surface area contributed by atoms with Gasteiger partial charge in [-0.2, -0.15) is 0 Å². The van der Waals surface area contributed by atoms with E-state index in [1.54, 1.807) is 6.20 Å². The summed E-state index contributed by atoms with van der Waals surface area (Å²) < 4.78 is 5.39. The minimum absolute atomic E-state index is 0.0689. The SMILES string of the molecule is Cc1ccc(Cl)cc1-c1cnoc1C(C)(C)C. The Hall–Kier alpha value is -1.28. The summed E-state index contributed by atoms with van der Waals surface area (Å²) in [6.45, 7) is 8.38. The first-order valence-corrected chi connectivity index (χ1v) is 5.99. The predicted octanol–water partition coefficient (Wildman–Crippen LogP) is 4.60. The zero-order chi connectivity index (χ0) is 12.6. The summed E-state index contributed by atoms with van der Waals surface area (Å²) in [6.07, 6.45) is 1.76. The van der Waals surface area contributed by atoms with Gasteiger partial charge in [0.25, 0.3) is 0 Å². The fraction of sp³-hybridized carbons (Fsp3) is 0.357. The van der Waals surface area contributed by atoms with Crippen LogP contribution < -0.4 is 0 Å². The van der Waals surface area contributed by atoms with E-state index in [0.717, 1.165) is 21.9 Å². The standard InChI is InChI=1S/C14H16ClNO/c1-9-5-6-10(15)7-11(9)12-8-16-17-13(12)14(2,3)4/h5-8H,1-4H3. The van der Waals surface area contributed by atoms with E-state index < -0.39 is 0 Å². The Bertz CT molecular complexity index is 537. The molecule has 0 saturated carbocycles. The maximum Gasteiger partial charge on any atom is 0.149 e.